The quantitative estimate of drug-likeness (QED) is 0.386. The van der Waals surface area contributed by atoms with Gasteiger partial charge < -0.3 is 15.5 Å². The molecule has 1 atom stereocenters. The van der Waals surface area contributed by atoms with Crippen molar-refractivity contribution in [3.63, 3.8) is 0 Å². The number of hydrogen-bond donors (Lipinski definition) is 2. The highest BCUT2D eigenvalue weighted by Gasteiger charge is 2.30. The smallest absolute Gasteiger partial charge is 0.227 e. The average molecular weight is 472 g/mol. The summed E-state index contributed by atoms with van der Waals surface area (Å²) in [5.74, 6) is 1.04. The fourth-order valence-electron chi connectivity index (χ4n) is 3.02. The van der Waals surface area contributed by atoms with Gasteiger partial charge in [0.2, 0.25) is 5.91 Å². The van der Waals surface area contributed by atoms with Crippen molar-refractivity contribution >= 4 is 41.5 Å². The molecule has 1 unspecified atom stereocenters. The van der Waals surface area contributed by atoms with Crippen molar-refractivity contribution in [2.75, 3.05) is 25.5 Å². The standard InChI is InChI=1S/C20H32N4O.HI/c1-6-15(2)18(25)23-17-9-7-8-16(12-17)13-22-19(21-5)24-11-10-20(3,4)14-24;/h7-9,12,15H,6,10-11,13-14H2,1-5H3,(H,21,22)(H,23,25);1H. The van der Waals surface area contributed by atoms with E-state index >= 15 is 0 Å². The molecule has 1 amide bonds. The Morgan fingerprint density at radius 1 is 1.38 bits per heavy atom. The number of halogens is 1. The van der Waals surface area contributed by atoms with Crippen LogP contribution in [-0.2, 0) is 11.3 Å². The third-order valence-corrected chi connectivity index (χ3v) is 4.89. The number of likely N-dealkylation sites (tertiary alicyclic amines) is 1. The van der Waals surface area contributed by atoms with Crippen LogP contribution in [0.1, 0.15) is 46.1 Å². The van der Waals surface area contributed by atoms with Crippen molar-refractivity contribution in [1.29, 1.82) is 0 Å². The molecule has 0 spiro atoms. The summed E-state index contributed by atoms with van der Waals surface area (Å²) >= 11 is 0. The zero-order valence-corrected chi connectivity index (χ0v) is 19.0. The number of anilines is 1. The summed E-state index contributed by atoms with van der Waals surface area (Å²) in [7, 11) is 1.83. The lowest BCUT2D eigenvalue weighted by Gasteiger charge is -2.23. The van der Waals surface area contributed by atoms with Crippen molar-refractivity contribution in [3.8, 4) is 0 Å². The Bertz CT molecular complexity index is 630. The van der Waals surface area contributed by atoms with Gasteiger partial charge in [-0.3, -0.25) is 9.79 Å². The van der Waals surface area contributed by atoms with Gasteiger partial charge in [-0.2, -0.15) is 0 Å². The normalized spacial score (nSPS) is 17.4. The van der Waals surface area contributed by atoms with Gasteiger partial charge in [-0.1, -0.05) is 39.8 Å². The maximum Gasteiger partial charge on any atom is 0.227 e. The Morgan fingerprint density at radius 3 is 2.69 bits per heavy atom. The van der Waals surface area contributed by atoms with Crippen LogP contribution in [0.4, 0.5) is 5.69 Å². The summed E-state index contributed by atoms with van der Waals surface area (Å²) in [6.07, 6.45) is 2.03. The van der Waals surface area contributed by atoms with Gasteiger partial charge in [-0.25, -0.2) is 0 Å². The average Bonchev–Trinajstić information content (AvgIpc) is 2.94. The topological polar surface area (TPSA) is 56.7 Å². The summed E-state index contributed by atoms with van der Waals surface area (Å²) < 4.78 is 0. The Morgan fingerprint density at radius 2 is 2.12 bits per heavy atom. The van der Waals surface area contributed by atoms with E-state index in [9.17, 15) is 4.79 Å². The fourth-order valence-corrected chi connectivity index (χ4v) is 3.02. The SMILES string of the molecule is CCC(C)C(=O)Nc1cccc(CNC(=NC)N2CCC(C)(C)C2)c1.I. The van der Waals surface area contributed by atoms with E-state index in [1.54, 1.807) is 0 Å². The number of hydrogen-bond acceptors (Lipinski definition) is 2. The van der Waals surface area contributed by atoms with E-state index in [4.69, 9.17) is 0 Å². The summed E-state index contributed by atoms with van der Waals surface area (Å²) in [5.41, 5.74) is 2.32. The molecule has 1 heterocycles. The van der Waals surface area contributed by atoms with E-state index < -0.39 is 0 Å². The molecular formula is C20H33IN4O. The number of nitrogens with one attached hydrogen (secondary N) is 2. The molecule has 1 saturated heterocycles. The zero-order chi connectivity index (χ0) is 18.4. The van der Waals surface area contributed by atoms with Gasteiger partial charge in [-0.05, 0) is 36.0 Å². The molecule has 0 aliphatic carbocycles. The van der Waals surface area contributed by atoms with E-state index in [0.717, 1.165) is 36.7 Å². The minimum atomic E-state index is 0. The monoisotopic (exact) mass is 472 g/mol. The molecule has 0 aromatic heterocycles. The van der Waals surface area contributed by atoms with Gasteiger partial charge >= 0.3 is 0 Å². The van der Waals surface area contributed by atoms with E-state index in [2.05, 4.69) is 40.4 Å². The first-order chi connectivity index (χ1) is 11.8. The van der Waals surface area contributed by atoms with E-state index in [1.165, 1.54) is 6.42 Å². The molecule has 1 aliphatic heterocycles. The highest BCUT2D eigenvalue weighted by atomic mass is 127. The van der Waals surface area contributed by atoms with Gasteiger partial charge in [0, 0.05) is 38.3 Å². The molecule has 26 heavy (non-hydrogen) atoms. The number of benzene rings is 1. The van der Waals surface area contributed by atoms with Gasteiger partial charge in [0.1, 0.15) is 0 Å². The number of carbonyl (C=O) groups excluding carboxylic acids is 1. The predicted molar refractivity (Wildman–Crippen MR) is 120 cm³/mol. The minimum absolute atomic E-state index is 0. The summed E-state index contributed by atoms with van der Waals surface area (Å²) in [6, 6.07) is 7.99. The van der Waals surface area contributed by atoms with E-state index in [-0.39, 0.29) is 35.8 Å². The summed E-state index contributed by atoms with van der Waals surface area (Å²) in [6.45, 7) is 11.3. The molecule has 1 aromatic rings. The molecule has 146 valence electrons. The van der Waals surface area contributed by atoms with Crippen molar-refractivity contribution in [2.45, 2.75) is 47.1 Å². The van der Waals surface area contributed by atoms with Crippen molar-refractivity contribution in [3.05, 3.63) is 29.8 Å². The lowest BCUT2D eigenvalue weighted by molar-refractivity contribution is -0.119. The second kappa shape index (κ2) is 10.1. The first-order valence-corrected chi connectivity index (χ1v) is 9.20. The lowest BCUT2D eigenvalue weighted by Crippen LogP contribution is -2.40. The number of amides is 1. The van der Waals surface area contributed by atoms with Crippen LogP contribution in [0.3, 0.4) is 0 Å². The first kappa shape index (κ1) is 22.7. The second-order valence-electron chi connectivity index (χ2n) is 7.74. The third-order valence-electron chi connectivity index (χ3n) is 4.89. The number of guanidine groups is 1. The molecule has 0 bridgehead atoms. The van der Waals surface area contributed by atoms with Gasteiger partial charge in [0.05, 0.1) is 0 Å². The minimum Gasteiger partial charge on any atom is -0.352 e. The molecule has 2 N–H and O–H groups in total. The fraction of sp³-hybridized carbons (Fsp3) is 0.600. The molecule has 2 rings (SSSR count). The van der Waals surface area contributed by atoms with Crippen molar-refractivity contribution < 1.29 is 4.79 Å². The molecular weight excluding hydrogens is 439 g/mol. The van der Waals surface area contributed by atoms with E-state index in [0.29, 0.717) is 12.0 Å². The maximum atomic E-state index is 12.0. The molecule has 6 heteroatoms. The van der Waals surface area contributed by atoms with Crippen LogP contribution in [0.15, 0.2) is 29.3 Å². The van der Waals surface area contributed by atoms with Crippen molar-refractivity contribution in [1.82, 2.24) is 10.2 Å². The molecule has 0 saturated carbocycles. The Labute approximate surface area is 175 Å². The number of carbonyl (C=O) groups is 1. The molecule has 1 aliphatic rings. The third kappa shape index (κ3) is 6.45. The summed E-state index contributed by atoms with van der Waals surface area (Å²) in [4.78, 5) is 18.8. The van der Waals surface area contributed by atoms with Gasteiger partial charge in [0.15, 0.2) is 5.96 Å². The molecule has 1 aromatic carbocycles. The van der Waals surface area contributed by atoms with Crippen LogP contribution in [0, 0.1) is 11.3 Å². The van der Waals surface area contributed by atoms with Crippen LogP contribution < -0.4 is 10.6 Å². The number of nitrogens with zero attached hydrogens (tertiary/aromatic N) is 2. The van der Waals surface area contributed by atoms with Crippen LogP contribution in [0.2, 0.25) is 0 Å². The first-order valence-electron chi connectivity index (χ1n) is 9.20. The molecule has 5 nitrogen and oxygen atoms in total. The Kier molecular flexibility index (Phi) is 8.86. The van der Waals surface area contributed by atoms with E-state index in [1.807, 2.05) is 39.1 Å². The highest BCUT2D eigenvalue weighted by molar-refractivity contribution is 14.0. The van der Waals surface area contributed by atoms with Crippen LogP contribution in [0.25, 0.3) is 0 Å². The van der Waals surface area contributed by atoms with Crippen LogP contribution >= 0.6 is 24.0 Å². The lowest BCUT2D eigenvalue weighted by atomic mass is 9.93. The number of rotatable bonds is 5. The maximum absolute atomic E-state index is 12.0. The van der Waals surface area contributed by atoms with Crippen molar-refractivity contribution in [2.24, 2.45) is 16.3 Å². The highest BCUT2D eigenvalue weighted by Crippen LogP contribution is 2.28. The second-order valence-corrected chi connectivity index (χ2v) is 7.74. The van der Waals surface area contributed by atoms with Crippen LogP contribution in [0.5, 0.6) is 0 Å². The zero-order valence-electron chi connectivity index (χ0n) is 16.6. The Balaban J connectivity index is 0.00000338. The van der Waals surface area contributed by atoms with Gasteiger partial charge in [-0.15, -0.1) is 24.0 Å². The summed E-state index contributed by atoms with van der Waals surface area (Å²) in [5, 5.41) is 6.44. The van der Waals surface area contributed by atoms with Crippen LogP contribution in [-0.4, -0.2) is 36.9 Å². The number of aliphatic imine (C=N–C) groups is 1. The molecule has 1 fully saturated rings. The largest absolute Gasteiger partial charge is 0.352 e. The Hall–Kier alpha value is -1.31. The molecule has 0 radical (unpaired) electrons. The van der Waals surface area contributed by atoms with Gasteiger partial charge in [0.25, 0.3) is 0 Å². The predicted octanol–water partition coefficient (Wildman–Crippen LogP) is 4.10.